The van der Waals surface area contributed by atoms with Gasteiger partial charge in [-0.25, -0.2) is 4.39 Å². The largest absolute Gasteiger partial charge is 0.485 e. The van der Waals surface area contributed by atoms with Crippen molar-refractivity contribution in [2.45, 2.75) is 38.3 Å². The van der Waals surface area contributed by atoms with Crippen molar-refractivity contribution in [3.05, 3.63) is 41.3 Å². The maximum atomic E-state index is 13.3. The van der Waals surface area contributed by atoms with Crippen LogP contribution in [0.25, 0.3) is 0 Å². The summed E-state index contributed by atoms with van der Waals surface area (Å²) < 4.78 is 24.0. The fraction of sp³-hybridized carbons (Fsp3) is 0.429. The monoisotopic (exact) mass is 277 g/mol. The lowest BCUT2D eigenvalue weighted by Crippen LogP contribution is -2.08. The van der Waals surface area contributed by atoms with Crippen LogP contribution < -0.4 is 10.5 Å². The molecule has 1 heterocycles. The first-order chi connectivity index (χ1) is 9.63. The van der Waals surface area contributed by atoms with Gasteiger partial charge in [0.25, 0.3) is 0 Å². The Morgan fingerprint density at radius 1 is 1.50 bits per heavy atom. The molecule has 2 aromatic rings. The van der Waals surface area contributed by atoms with Gasteiger partial charge in [0.05, 0.1) is 0 Å². The Balaban J connectivity index is 1.71. The zero-order valence-electron chi connectivity index (χ0n) is 11.2. The predicted octanol–water partition coefficient (Wildman–Crippen LogP) is 2.68. The molecule has 106 valence electrons. The number of hydrogen-bond donors (Lipinski definition) is 1. The minimum absolute atomic E-state index is 0.138. The van der Waals surface area contributed by atoms with Gasteiger partial charge < -0.3 is 15.0 Å². The third-order valence-corrected chi connectivity index (χ3v) is 3.23. The number of benzene rings is 1. The van der Waals surface area contributed by atoms with Gasteiger partial charge in [-0.3, -0.25) is 0 Å². The number of nitrogens with two attached hydrogens (primary N) is 1. The smallest absolute Gasteiger partial charge is 0.229 e. The van der Waals surface area contributed by atoms with E-state index in [-0.39, 0.29) is 18.5 Å². The number of ether oxygens (including phenoxy) is 1. The van der Waals surface area contributed by atoms with E-state index in [1.807, 2.05) is 6.92 Å². The highest BCUT2D eigenvalue weighted by Crippen LogP contribution is 2.38. The second kappa shape index (κ2) is 5.20. The summed E-state index contributed by atoms with van der Waals surface area (Å²) in [5.74, 6) is 1.58. The minimum atomic E-state index is -0.365. The second-order valence-electron chi connectivity index (χ2n) is 5.08. The fourth-order valence-electron chi connectivity index (χ4n) is 1.97. The topological polar surface area (TPSA) is 74.2 Å². The van der Waals surface area contributed by atoms with Gasteiger partial charge in [0.15, 0.2) is 6.61 Å². The molecule has 0 amide bonds. The lowest BCUT2D eigenvalue weighted by Gasteiger charge is -2.12. The van der Waals surface area contributed by atoms with E-state index >= 15 is 0 Å². The molecule has 0 unspecified atom stereocenters. The molecule has 1 saturated carbocycles. The second-order valence-corrected chi connectivity index (χ2v) is 5.08. The molecule has 20 heavy (non-hydrogen) atoms. The molecule has 0 radical (unpaired) electrons. The van der Waals surface area contributed by atoms with Crippen molar-refractivity contribution >= 4 is 0 Å². The summed E-state index contributed by atoms with van der Waals surface area (Å²) in [7, 11) is 0. The van der Waals surface area contributed by atoms with Gasteiger partial charge in [0.1, 0.15) is 11.6 Å². The van der Waals surface area contributed by atoms with Crippen molar-refractivity contribution in [1.82, 2.24) is 10.1 Å². The summed E-state index contributed by atoms with van der Waals surface area (Å²) in [4.78, 5) is 4.26. The van der Waals surface area contributed by atoms with Gasteiger partial charge >= 0.3 is 0 Å². The van der Waals surface area contributed by atoms with Crippen LogP contribution in [0, 0.1) is 5.82 Å². The average molecular weight is 277 g/mol. The molecular weight excluding hydrogens is 261 g/mol. The van der Waals surface area contributed by atoms with E-state index in [0.717, 1.165) is 18.4 Å². The molecule has 0 spiro atoms. The van der Waals surface area contributed by atoms with Crippen molar-refractivity contribution in [2.24, 2.45) is 5.73 Å². The van der Waals surface area contributed by atoms with Crippen molar-refractivity contribution in [2.75, 3.05) is 0 Å². The van der Waals surface area contributed by atoms with E-state index < -0.39 is 0 Å². The maximum Gasteiger partial charge on any atom is 0.229 e. The highest BCUT2D eigenvalue weighted by molar-refractivity contribution is 5.36. The van der Waals surface area contributed by atoms with Gasteiger partial charge in [-0.1, -0.05) is 11.2 Å². The number of halogens is 1. The van der Waals surface area contributed by atoms with E-state index in [1.165, 1.54) is 12.1 Å². The normalized spacial score (nSPS) is 16.1. The van der Waals surface area contributed by atoms with Gasteiger partial charge in [-0.05, 0) is 25.8 Å². The summed E-state index contributed by atoms with van der Waals surface area (Å²) in [5, 5.41) is 3.85. The number of aromatic nitrogens is 2. The zero-order valence-corrected chi connectivity index (χ0v) is 11.2. The van der Waals surface area contributed by atoms with Crippen molar-refractivity contribution in [3.8, 4) is 5.75 Å². The van der Waals surface area contributed by atoms with Crippen LogP contribution in [0.1, 0.15) is 49.0 Å². The molecule has 2 N–H and O–H groups in total. The van der Waals surface area contributed by atoms with Crippen LogP contribution in [0.3, 0.4) is 0 Å². The Morgan fingerprint density at radius 2 is 2.30 bits per heavy atom. The van der Waals surface area contributed by atoms with Gasteiger partial charge in [-0.2, -0.15) is 4.98 Å². The Hall–Kier alpha value is -1.95. The Morgan fingerprint density at radius 3 is 3.00 bits per heavy atom. The molecule has 0 saturated heterocycles. The zero-order chi connectivity index (χ0) is 14.1. The summed E-state index contributed by atoms with van der Waals surface area (Å²) in [6.45, 7) is 1.96. The lowest BCUT2D eigenvalue weighted by atomic mass is 10.1. The van der Waals surface area contributed by atoms with Crippen molar-refractivity contribution in [3.63, 3.8) is 0 Å². The Kier molecular flexibility index (Phi) is 3.40. The predicted molar refractivity (Wildman–Crippen MR) is 69.6 cm³/mol. The molecule has 1 fully saturated rings. The number of hydrogen-bond acceptors (Lipinski definition) is 5. The van der Waals surface area contributed by atoms with Crippen LogP contribution in [0.15, 0.2) is 22.7 Å². The molecule has 6 heteroatoms. The number of rotatable bonds is 5. The van der Waals surface area contributed by atoms with Gasteiger partial charge in [0, 0.05) is 23.6 Å². The molecule has 1 aromatic carbocycles. The highest BCUT2D eigenvalue weighted by Gasteiger charge is 2.29. The first kappa shape index (κ1) is 13.1. The first-order valence-corrected chi connectivity index (χ1v) is 6.64. The van der Waals surface area contributed by atoms with Crippen LogP contribution >= 0.6 is 0 Å². The number of nitrogens with zero attached hydrogens (tertiary/aromatic N) is 2. The summed E-state index contributed by atoms with van der Waals surface area (Å²) in [6.07, 6.45) is 2.20. The third-order valence-electron chi connectivity index (χ3n) is 3.23. The standard InChI is InChI=1S/C14H16FN3O2/c1-8(16)11-5-4-10(15)6-12(11)19-7-13-17-14(20-18-13)9-2-3-9/h4-6,8-9H,2-3,7,16H2,1H3/t8-/m0/s1. The Bertz CT molecular complexity index is 608. The molecule has 3 rings (SSSR count). The third kappa shape index (κ3) is 2.80. The quantitative estimate of drug-likeness (QED) is 0.909. The average Bonchev–Trinajstić information content (AvgIpc) is 3.15. The molecule has 1 aliphatic rings. The van der Waals surface area contributed by atoms with Crippen LogP contribution in [0.5, 0.6) is 5.75 Å². The Labute approximate surface area is 115 Å². The molecule has 1 aromatic heterocycles. The van der Waals surface area contributed by atoms with E-state index in [0.29, 0.717) is 23.4 Å². The van der Waals surface area contributed by atoms with Crippen LogP contribution in [-0.4, -0.2) is 10.1 Å². The molecule has 1 aliphatic carbocycles. The summed E-state index contributed by atoms with van der Waals surface area (Å²) in [5.41, 5.74) is 6.58. The van der Waals surface area contributed by atoms with E-state index in [4.69, 9.17) is 15.0 Å². The minimum Gasteiger partial charge on any atom is -0.485 e. The summed E-state index contributed by atoms with van der Waals surface area (Å²) in [6, 6.07) is 4.07. The SMILES string of the molecule is C[C@H](N)c1ccc(F)cc1OCc1noc(C2CC2)n1. The summed E-state index contributed by atoms with van der Waals surface area (Å²) >= 11 is 0. The fourth-order valence-corrected chi connectivity index (χ4v) is 1.97. The van der Waals surface area contributed by atoms with Gasteiger partial charge in [0.2, 0.25) is 11.7 Å². The van der Waals surface area contributed by atoms with Crippen molar-refractivity contribution in [1.29, 1.82) is 0 Å². The van der Waals surface area contributed by atoms with Crippen molar-refractivity contribution < 1.29 is 13.7 Å². The molecular formula is C14H16FN3O2. The van der Waals surface area contributed by atoms with Crippen LogP contribution in [-0.2, 0) is 6.61 Å². The van der Waals surface area contributed by atoms with Crippen LogP contribution in [0.4, 0.5) is 4.39 Å². The molecule has 1 atom stereocenters. The first-order valence-electron chi connectivity index (χ1n) is 6.64. The van der Waals surface area contributed by atoms with E-state index in [9.17, 15) is 4.39 Å². The molecule has 5 nitrogen and oxygen atoms in total. The highest BCUT2D eigenvalue weighted by atomic mass is 19.1. The maximum absolute atomic E-state index is 13.3. The van der Waals surface area contributed by atoms with Crippen LogP contribution in [0.2, 0.25) is 0 Å². The van der Waals surface area contributed by atoms with E-state index in [2.05, 4.69) is 10.1 Å². The lowest BCUT2D eigenvalue weighted by molar-refractivity contribution is 0.280. The van der Waals surface area contributed by atoms with Gasteiger partial charge in [-0.15, -0.1) is 0 Å². The van der Waals surface area contributed by atoms with E-state index in [1.54, 1.807) is 6.07 Å². The molecule has 0 aliphatic heterocycles. The molecule has 0 bridgehead atoms.